The molecule has 0 radical (unpaired) electrons. The Morgan fingerprint density at radius 1 is 0.879 bits per heavy atom. The Morgan fingerprint density at radius 3 is 1.97 bits per heavy atom. The molecule has 1 atom stereocenters. The summed E-state index contributed by atoms with van der Waals surface area (Å²) in [5.74, 6) is -0.413. The Bertz CT molecular complexity index is 997. The Morgan fingerprint density at radius 2 is 1.45 bits per heavy atom. The second-order valence-corrected chi connectivity index (χ2v) is 9.05. The van der Waals surface area contributed by atoms with Crippen LogP contribution in [0.5, 0.6) is 0 Å². The van der Waals surface area contributed by atoms with Crippen molar-refractivity contribution >= 4 is 17.7 Å². The fraction of sp³-hybridized carbons (Fsp3) is 0.417. The van der Waals surface area contributed by atoms with Crippen LogP contribution in [-0.4, -0.2) is 43.1 Å². The number of ether oxygens (including phenoxy) is 1. The van der Waals surface area contributed by atoms with Crippen LogP contribution in [0.1, 0.15) is 31.9 Å². The first-order chi connectivity index (χ1) is 15.4. The minimum atomic E-state index is -4.43. The number of benzene rings is 2. The number of carbonyl (C=O) groups excluding carboxylic acids is 2. The standard InChI is InChI=1S/C24H28F3N3O3/c1-22(2,3)23(33-21(28)32,17-8-5-4-6-9-17)20(31)30-14-12-29(13-15-30)19-11-7-10-18(16-19)24(25,26)27/h4-11,16H,12-15H2,1-3H3,(H2,28,32)/t23-/m1/s1. The van der Waals surface area contributed by atoms with Gasteiger partial charge in [-0.1, -0.05) is 57.2 Å². The van der Waals surface area contributed by atoms with Crippen LogP contribution in [0.3, 0.4) is 0 Å². The van der Waals surface area contributed by atoms with Crippen molar-refractivity contribution in [3.63, 3.8) is 0 Å². The van der Waals surface area contributed by atoms with Crippen molar-refractivity contribution in [1.82, 2.24) is 4.90 Å². The Kier molecular flexibility index (Phi) is 6.63. The average molecular weight is 464 g/mol. The van der Waals surface area contributed by atoms with E-state index in [-0.39, 0.29) is 13.1 Å². The molecule has 3 rings (SSSR count). The molecule has 0 bridgehead atoms. The number of hydrogen-bond donors (Lipinski definition) is 1. The summed E-state index contributed by atoms with van der Waals surface area (Å²) >= 11 is 0. The highest BCUT2D eigenvalue weighted by atomic mass is 19.4. The van der Waals surface area contributed by atoms with Gasteiger partial charge in [-0.25, -0.2) is 4.79 Å². The van der Waals surface area contributed by atoms with E-state index in [1.54, 1.807) is 67.0 Å². The molecule has 178 valence electrons. The van der Waals surface area contributed by atoms with Gasteiger partial charge in [-0.15, -0.1) is 0 Å². The largest absolute Gasteiger partial charge is 0.427 e. The highest BCUT2D eigenvalue weighted by molar-refractivity contribution is 5.90. The van der Waals surface area contributed by atoms with Gasteiger partial charge in [0.15, 0.2) is 0 Å². The highest BCUT2D eigenvalue weighted by Crippen LogP contribution is 2.44. The second-order valence-electron chi connectivity index (χ2n) is 9.05. The molecule has 33 heavy (non-hydrogen) atoms. The minimum absolute atomic E-state index is 0.252. The van der Waals surface area contributed by atoms with E-state index < -0.39 is 34.8 Å². The first kappa shape index (κ1) is 24.4. The zero-order chi connectivity index (χ0) is 24.4. The first-order valence-electron chi connectivity index (χ1n) is 10.6. The summed E-state index contributed by atoms with van der Waals surface area (Å²) in [6.45, 7) is 6.54. The van der Waals surface area contributed by atoms with E-state index in [4.69, 9.17) is 10.5 Å². The van der Waals surface area contributed by atoms with Gasteiger partial charge in [0.05, 0.1) is 5.56 Å². The molecule has 0 aliphatic carbocycles. The molecule has 1 fully saturated rings. The number of amides is 2. The van der Waals surface area contributed by atoms with Gasteiger partial charge in [-0.2, -0.15) is 13.2 Å². The average Bonchev–Trinajstić information content (AvgIpc) is 2.76. The number of nitrogens with zero attached hydrogens (tertiary/aromatic N) is 2. The predicted octanol–water partition coefficient (Wildman–Crippen LogP) is 4.39. The third-order valence-electron chi connectivity index (χ3n) is 5.90. The van der Waals surface area contributed by atoms with E-state index in [1.165, 1.54) is 6.07 Å². The van der Waals surface area contributed by atoms with Crippen molar-refractivity contribution in [2.24, 2.45) is 11.1 Å². The van der Waals surface area contributed by atoms with Crippen molar-refractivity contribution in [2.45, 2.75) is 32.5 Å². The quantitative estimate of drug-likeness (QED) is 0.730. The molecule has 0 spiro atoms. The van der Waals surface area contributed by atoms with Crippen molar-refractivity contribution < 1.29 is 27.5 Å². The summed E-state index contributed by atoms with van der Waals surface area (Å²) in [7, 11) is 0. The molecule has 1 aliphatic rings. The second kappa shape index (κ2) is 8.96. The van der Waals surface area contributed by atoms with Gasteiger partial charge >= 0.3 is 12.3 Å². The molecule has 2 N–H and O–H groups in total. The molecule has 1 aliphatic heterocycles. The maximum atomic E-state index is 13.9. The number of rotatable bonds is 4. The van der Waals surface area contributed by atoms with Crippen LogP contribution in [0, 0.1) is 5.41 Å². The van der Waals surface area contributed by atoms with Crippen LogP contribution in [0.15, 0.2) is 54.6 Å². The lowest BCUT2D eigenvalue weighted by molar-refractivity contribution is -0.166. The van der Waals surface area contributed by atoms with Gasteiger partial charge in [0.1, 0.15) is 0 Å². The van der Waals surface area contributed by atoms with Crippen molar-refractivity contribution in [3.05, 3.63) is 65.7 Å². The van der Waals surface area contributed by atoms with Crippen LogP contribution in [0.25, 0.3) is 0 Å². The van der Waals surface area contributed by atoms with E-state index >= 15 is 0 Å². The number of hydrogen-bond acceptors (Lipinski definition) is 4. The molecule has 0 unspecified atom stereocenters. The molecular formula is C24H28F3N3O3. The van der Waals surface area contributed by atoms with Crippen molar-refractivity contribution in [3.8, 4) is 0 Å². The summed E-state index contributed by atoms with van der Waals surface area (Å²) in [6.07, 6.45) is -5.49. The first-order valence-corrected chi connectivity index (χ1v) is 10.6. The lowest BCUT2D eigenvalue weighted by Gasteiger charge is -2.46. The predicted molar refractivity (Wildman–Crippen MR) is 118 cm³/mol. The maximum absolute atomic E-state index is 13.9. The minimum Gasteiger partial charge on any atom is -0.427 e. The molecular weight excluding hydrogens is 435 g/mol. The van der Waals surface area contributed by atoms with Crippen LogP contribution in [0.4, 0.5) is 23.7 Å². The molecule has 9 heteroatoms. The van der Waals surface area contributed by atoms with Gasteiger partial charge in [0.2, 0.25) is 5.60 Å². The summed E-state index contributed by atoms with van der Waals surface area (Å²) < 4.78 is 44.8. The SMILES string of the molecule is CC(C)(C)[C@](OC(N)=O)(C(=O)N1CCN(c2cccc(C(F)(F)F)c2)CC1)c1ccccc1. The van der Waals surface area contributed by atoms with Gasteiger partial charge in [-0.05, 0) is 18.2 Å². The number of carbonyl (C=O) groups is 2. The van der Waals surface area contributed by atoms with E-state index in [9.17, 15) is 22.8 Å². The number of halogens is 3. The zero-order valence-corrected chi connectivity index (χ0v) is 18.9. The molecule has 2 aromatic carbocycles. The molecule has 2 aromatic rings. The topological polar surface area (TPSA) is 75.9 Å². The zero-order valence-electron chi connectivity index (χ0n) is 18.9. The molecule has 1 heterocycles. The van der Waals surface area contributed by atoms with Crippen molar-refractivity contribution in [2.75, 3.05) is 31.1 Å². The van der Waals surface area contributed by atoms with Crippen LogP contribution in [0.2, 0.25) is 0 Å². The lowest BCUT2D eigenvalue weighted by atomic mass is 9.70. The van der Waals surface area contributed by atoms with Crippen LogP contribution >= 0.6 is 0 Å². The van der Waals surface area contributed by atoms with E-state index in [2.05, 4.69) is 0 Å². The maximum Gasteiger partial charge on any atom is 0.416 e. The fourth-order valence-corrected chi connectivity index (χ4v) is 4.23. The summed E-state index contributed by atoms with van der Waals surface area (Å²) in [5.41, 5.74) is 3.13. The van der Waals surface area contributed by atoms with E-state index in [0.717, 1.165) is 12.1 Å². The van der Waals surface area contributed by atoms with E-state index in [1.807, 2.05) is 0 Å². The molecule has 6 nitrogen and oxygen atoms in total. The van der Waals surface area contributed by atoms with Crippen molar-refractivity contribution in [1.29, 1.82) is 0 Å². The number of nitrogens with two attached hydrogens (primary N) is 1. The molecule has 0 saturated carbocycles. The third-order valence-corrected chi connectivity index (χ3v) is 5.90. The monoisotopic (exact) mass is 463 g/mol. The normalized spacial score (nSPS) is 16.8. The Hall–Kier alpha value is -3.23. The Balaban J connectivity index is 1.87. The third kappa shape index (κ3) is 4.91. The lowest BCUT2D eigenvalue weighted by Crippen LogP contribution is -2.60. The summed E-state index contributed by atoms with van der Waals surface area (Å²) in [4.78, 5) is 29.1. The Labute approximate surface area is 191 Å². The number of anilines is 1. The fourth-order valence-electron chi connectivity index (χ4n) is 4.23. The number of alkyl halides is 3. The molecule has 1 saturated heterocycles. The van der Waals surface area contributed by atoms with Crippen LogP contribution in [-0.2, 0) is 21.3 Å². The van der Waals surface area contributed by atoms with Gasteiger partial charge in [0, 0.05) is 42.8 Å². The highest BCUT2D eigenvalue weighted by Gasteiger charge is 2.55. The van der Waals surface area contributed by atoms with Crippen LogP contribution < -0.4 is 10.6 Å². The van der Waals surface area contributed by atoms with Gasteiger partial charge < -0.3 is 20.3 Å². The summed E-state index contributed by atoms with van der Waals surface area (Å²) in [5, 5.41) is 0. The summed E-state index contributed by atoms with van der Waals surface area (Å²) in [6, 6.07) is 13.8. The van der Waals surface area contributed by atoms with Gasteiger partial charge in [0.25, 0.3) is 5.91 Å². The van der Waals surface area contributed by atoms with Gasteiger partial charge in [-0.3, -0.25) is 4.79 Å². The number of piperazine rings is 1. The van der Waals surface area contributed by atoms with E-state index in [0.29, 0.717) is 24.3 Å². The molecule has 0 aromatic heterocycles. The number of primary amides is 1. The molecule has 2 amide bonds. The smallest absolute Gasteiger partial charge is 0.416 e.